The smallest absolute Gasteiger partial charge is 0.0231 e. The molecular weight excluding hydrogens is 156 g/mol. The monoisotopic (exact) mass is 182 g/mol. The lowest BCUT2D eigenvalue weighted by Crippen LogP contribution is -1.90. The van der Waals surface area contributed by atoms with Crippen molar-refractivity contribution in [3.8, 4) is 0 Å². The minimum absolute atomic E-state index is 0.728. The zero-order chi connectivity index (χ0) is 10.3. The Bertz CT molecular complexity index is 133. The molecule has 0 nitrogen and oxygen atoms in total. The highest BCUT2D eigenvalue weighted by atomic mass is 14.2. The summed E-state index contributed by atoms with van der Waals surface area (Å²) in [5.41, 5.74) is 0. The summed E-state index contributed by atoms with van der Waals surface area (Å²) in [5.74, 6) is 2.59. The molecule has 0 heteroatoms. The Kier molecular flexibility index (Phi) is 7.03. The van der Waals surface area contributed by atoms with E-state index in [1.165, 1.54) is 19.3 Å². The molecule has 0 aromatic heterocycles. The van der Waals surface area contributed by atoms with Gasteiger partial charge in [0.1, 0.15) is 0 Å². The van der Waals surface area contributed by atoms with Gasteiger partial charge >= 0.3 is 0 Å². The molecule has 2 unspecified atom stereocenters. The third kappa shape index (κ3) is 5.90. The molecule has 0 aromatic rings. The first-order valence-corrected chi connectivity index (χ1v) is 5.87. The van der Waals surface area contributed by atoms with E-state index in [0.717, 1.165) is 17.8 Å². The Morgan fingerprint density at radius 3 is 2.15 bits per heavy atom. The minimum atomic E-state index is 0.728. The van der Waals surface area contributed by atoms with Crippen molar-refractivity contribution < 1.29 is 0 Å². The van der Waals surface area contributed by atoms with Gasteiger partial charge in [-0.15, -0.1) is 0 Å². The highest BCUT2D eigenvalue weighted by Gasteiger charge is 2.18. The van der Waals surface area contributed by atoms with Gasteiger partial charge in [-0.3, -0.25) is 0 Å². The molecule has 1 aliphatic carbocycles. The summed E-state index contributed by atoms with van der Waals surface area (Å²) in [4.78, 5) is 0. The van der Waals surface area contributed by atoms with Crippen molar-refractivity contribution >= 4 is 0 Å². The lowest BCUT2D eigenvalue weighted by Gasteiger charge is -2.02. The maximum Gasteiger partial charge on any atom is -0.0231 e. The van der Waals surface area contributed by atoms with E-state index in [0.29, 0.717) is 0 Å². The van der Waals surface area contributed by atoms with Gasteiger partial charge in [0.15, 0.2) is 0 Å². The molecule has 0 radical (unpaired) electrons. The van der Waals surface area contributed by atoms with Gasteiger partial charge in [-0.25, -0.2) is 0 Å². The van der Waals surface area contributed by atoms with Gasteiger partial charge in [-0.2, -0.15) is 0 Å². The second-order valence-corrected chi connectivity index (χ2v) is 4.31. The molecular formula is C13H26. The Morgan fingerprint density at radius 1 is 1.15 bits per heavy atom. The molecule has 1 saturated carbocycles. The van der Waals surface area contributed by atoms with Gasteiger partial charge in [-0.05, 0) is 30.6 Å². The quantitative estimate of drug-likeness (QED) is 0.545. The van der Waals surface area contributed by atoms with Crippen LogP contribution in [-0.2, 0) is 0 Å². The third-order valence-electron chi connectivity index (χ3n) is 2.50. The molecule has 0 saturated heterocycles. The summed E-state index contributed by atoms with van der Waals surface area (Å²) in [6.07, 6.45) is 9.05. The largest absolute Gasteiger partial charge is 0.0857 e. The number of allylic oxidation sites excluding steroid dienone is 2. The van der Waals surface area contributed by atoms with Gasteiger partial charge in [-0.1, -0.05) is 53.2 Å². The molecule has 2 atom stereocenters. The van der Waals surface area contributed by atoms with Crippen LogP contribution in [0.5, 0.6) is 0 Å². The van der Waals surface area contributed by atoms with Crippen molar-refractivity contribution in [3.05, 3.63) is 12.2 Å². The lowest BCUT2D eigenvalue weighted by atomic mass is 10.0. The van der Waals surface area contributed by atoms with Gasteiger partial charge < -0.3 is 0 Å². The van der Waals surface area contributed by atoms with Crippen LogP contribution >= 0.6 is 0 Å². The molecule has 0 spiro atoms. The van der Waals surface area contributed by atoms with Crippen LogP contribution in [0.4, 0.5) is 0 Å². The summed E-state index contributed by atoms with van der Waals surface area (Å²) < 4.78 is 0. The van der Waals surface area contributed by atoms with E-state index in [1.54, 1.807) is 0 Å². The normalized spacial score (nSPS) is 27.8. The van der Waals surface area contributed by atoms with Crippen LogP contribution in [0.3, 0.4) is 0 Å². The highest BCUT2D eigenvalue weighted by molar-refractivity contribution is 4.93. The van der Waals surface area contributed by atoms with Crippen LogP contribution in [-0.4, -0.2) is 0 Å². The van der Waals surface area contributed by atoms with Crippen LogP contribution < -0.4 is 0 Å². The Morgan fingerprint density at radius 2 is 1.77 bits per heavy atom. The van der Waals surface area contributed by atoms with E-state index in [-0.39, 0.29) is 0 Å². The lowest BCUT2D eigenvalue weighted by molar-refractivity contribution is 0.584. The maximum absolute atomic E-state index is 2.42. The van der Waals surface area contributed by atoms with Crippen LogP contribution in [0.15, 0.2) is 12.2 Å². The molecule has 0 aromatic carbocycles. The van der Waals surface area contributed by atoms with E-state index < -0.39 is 0 Å². The molecule has 1 fully saturated rings. The van der Waals surface area contributed by atoms with Crippen molar-refractivity contribution in [2.45, 2.75) is 53.9 Å². The fourth-order valence-electron chi connectivity index (χ4n) is 1.81. The fourth-order valence-corrected chi connectivity index (χ4v) is 1.81. The molecule has 0 amide bonds. The summed E-state index contributed by atoms with van der Waals surface area (Å²) in [7, 11) is 0. The van der Waals surface area contributed by atoms with Gasteiger partial charge in [0.25, 0.3) is 0 Å². The first-order chi connectivity index (χ1) is 6.18. The van der Waals surface area contributed by atoms with E-state index in [2.05, 4.69) is 32.9 Å². The first-order valence-electron chi connectivity index (χ1n) is 5.87. The van der Waals surface area contributed by atoms with E-state index >= 15 is 0 Å². The molecule has 1 rings (SSSR count). The average molecular weight is 182 g/mol. The predicted molar refractivity (Wildman–Crippen MR) is 61.8 cm³/mol. The van der Waals surface area contributed by atoms with E-state index in [1.807, 2.05) is 13.8 Å². The zero-order valence-electron chi connectivity index (χ0n) is 10.0. The number of rotatable bonds is 2. The second-order valence-electron chi connectivity index (χ2n) is 4.31. The number of hydrogen-bond donors (Lipinski definition) is 0. The molecule has 0 N–H and O–H groups in total. The van der Waals surface area contributed by atoms with Crippen LogP contribution in [0.2, 0.25) is 0 Å². The SMILES string of the molecule is CC.CC(C)/C=C/C1CCC(C)C1. The zero-order valence-corrected chi connectivity index (χ0v) is 10.0. The molecule has 13 heavy (non-hydrogen) atoms. The van der Waals surface area contributed by atoms with Crippen molar-refractivity contribution in [2.75, 3.05) is 0 Å². The Balaban J connectivity index is 0.000000671. The molecule has 0 aliphatic heterocycles. The summed E-state index contributed by atoms with van der Waals surface area (Å²) in [6.45, 7) is 10.9. The fraction of sp³-hybridized carbons (Fsp3) is 0.846. The first kappa shape index (κ1) is 12.7. The van der Waals surface area contributed by atoms with Crippen molar-refractivity contribution in [1.29, 1.82) is 0 Å². The summed E-state index contributed by atoms with van der Waals surface area (Å²) in [5, 5.41) is 0. The molecule has 0 heterocycles. The van der Waals surface area contributed by atoms with Crippen LogP contribution in [0, 0.1) is 17.8 Å². The molecule has 0 bridgehead atoms. The van der Waals surface area contributed by atoms with Crippen molar-refractivity contribution in [1.82, 2.24) is 0 Å². The standard InChI is InChI=1S/C11H20.C2H6/c1-9(2)4-6-11-7-5-10(3)8-11;1-2/h4,6,9-11H,5,7-8H2,1-3H3;1-2H3/b6-4+;. The minimum Gasteiger partial charge on any atom is -0.0857 e. The van der Waals surface area contributed by atoms with Gasteiger partial charge in [0.2, 0.25) is 0 Å². The molecule has 1 aliphatic rings. The Hall–Kier alpha value is -0.260. The Labute approximate surface area is 84.4 Å². The molecule has 78 valence electrons. The van der Waals surface area contributed by atoms with Crippen molar-refractivity contribution in [2.24, 2.45) is 17.8 Å². The van der Waals surface area contributed by atoms with Crippen LogP contribution in [0.25, 0.3) is 0 Å². The van der Waals surface area contributed by atoms with Crippen LogP contribution in [0.1, 0.15) is 53.9 Å². The van der Waals surface area contributed by atoms with E-state index in [4.69, 9.17) is 0 Å². The van der Waals surface area contributed by atoms with E-state index in [9.17, 15) is 0 Å². The van der Waals surface area contributed by atoms with Gasteiger partial charge in [0, 0.05) is 0 Å². The average Bonchev–Trinajstić information content (AvgIpc) is 2.52. The second kappa shape index (κ2) is 7.17. The third-order valence-corrected chi connectivity index (χ3v) is 2.50. The summed E-state index contributed by atoms with van der Waals surface area (Å²) >= 11 is 0. The highest BCUT2D eigenvalue weighted by Crippen LogP contribution is 2.31. The van der Waals surface area contributed by atoms with Crippen molar-refractivity contribution in [3.63, 3.8) is 0 Å². The van der Waals surface area contributed by atoms with Gasteiger partial charge in [0.05, 0.1) is 0 Å². The predicted octanol–water partition coefficient (Wildman–Crippen LogP) is 4.66. The maximum atomic E-state index is 2.42. The topological polar surface area (TPSA) is 0 Å². The number of hydrogen-bond acceptors (Lipinski definition) is 0. The summed E-state index contributed by atoms with van der Waals surface area (Å²) in [6, 6.07) is 0.